The summed E-state index contributed by atoms with van der Waals surface area (Å²) < 4.78 is 40.9. The van der Waals surface area contributed by atoms with Crippen LogP contribution in [0.1, 0.15) is 0 Å². The number of hydrogen-bond donors (Lipinski definition) is 0. The van der Waals surface area contributed by atoms with Crippen molar-refractivity contribution in [1.82, 2.24) is 14.3 Å². The van der Waals surface area contributed by atoms with Gasteiger partial charge in [-0.15, -0.1) is 0 Å². The molecule has 0 radical (unpaired) electrons. The first kappa shape index (κ1) is 20.5. The number of rotatable bonds is 4. The van der Waals surface area contributed by atoms with Crippen molar-refractivity contribution in [2.45, 2.75) is 4.90 Å². The molecule has 3 aromatic carbocycles. The summed E-state index contributed by atoms with van der Waals surface area (Å²) in [7, 11) is -3.76. The van der Waals surface area contributed by atoms with Crippen molar-refractivity contribution in [3.05, 3.63) is 84.7 Å². The lowest BCUT2D eigenvalue weighted by Gasteiger charge is -2.35. The Hall–Kier alpha value is -3.36. The molecule has 1 fully saturated rings. The van der Waals surface area contributed by atoms with Crippen LogP contribution >= 0.6 is 0 Å². The van der Waals surface area contributed by atoms with E-state index in [1.165, 1.54) is 22.5 Å². The lowest BCUT2D eigenvalue weighted by atomic mass is 10.1. The third-order valence-electron chi connectivity index (χ3n) is 5.57. The zero-order valence-corrected chi connectivity index (χ0v) is 18.0. The van der Waals surface area contributed by atoms with Gasteiger partial charge in [0.2, 0.25) is 10.0 Å². The first-order valence-corrected chi connectivity index (χ1v) is 11.8. The van der Waals surface area contributed by atoms with Crippen LogP contribution in [-0.4, -0.2) is 48.9 Å². The number of sulfonamides is 1. The number of benzene rings is 3. The molecule has 1 aliphatic rings. The Labute approximate surface area is 186 Å². The van der Waals surface area contributed by atoms with Gasteiger partial charge in [-0.05, 0) is 30.3 Å². The Morgan fingerprint density at radius 3 is 2.09 bits per heavy atom. The fraction of sp³-hybridized carbons (Fsp3) is 0.167. The van der Waals surface area contributed by atoms with E-state index >= 15 is 0 Å². The maximum Gasteiger partial charge on any atom is 0.243 e. The molecule has 0 aliphatic carbocycles. The summed E-state index contributed by atoms with van der Waals surface area (Å²) in [5.41, 5.74) is 3.32. The molecule has 162 valence electrons. The molecule has 1 aromatic heterocycles. The lowest BCUT2D eigenvalue weighted by molar-refractivity contribution is 0.383. The van der Waals surface area contributed by atoms with Gasteiger partial charge in [0.05, 0.1) is 15.9 Å². The zero-order valence-electron chi connectivity index (χ0n) is 17.2. The summed E-state index contributed by atoms with van der Waals surface area (Å²) in [6.07, 6.45) is 0. The topological polar surface area (TPSA) is 66.4 Å². The normalized spacial score (nSPS) is 15.2. The van der Waals surface area contributed by atoms with E-state index in [9.17, 15) is 12.8 Å². The molecule has 4 aromatic rings. The number of hydrogen-bond acceptors (Lipinski definition) is 5. The molecule has 8 heteroatoms. The number of halogens is 1. The number of anilines is 1. The van der Waals surface area contributed by atoms with Crippen LogP contribution in [0.25, 0.3) is 22.3 Å². The van der Waals surface area contributed by atoms with E-state index in [-0.39, 0.29) is 18.0 Å². The number of nitrogens with zero attached hydrogens (tertiary/aromatic N) is 4. The largest absolute Gasteiger partial charge is 0.352 e. The van der Waals surface area contributed by atoms with Gasteiger partial charge in [-0.1, -0.05) is 48.5 Å². The quantitative estimate of drug-likeness (QED) is 0.473. The second-order valence-electron chi connectivity index (χ2n) is 7.60. The van der Waals surface area contributed by atoms with Gasteiger partial charge in [0.15, 0.2) is 5.82 Å². The average Bonchev–Trinajstić information content (AvgIpc) is 2.84. The van der Waals surface area contributed by atoms with E-state index in [1.807, 2.05) is 54.6 Å². The van der Waals surface area contributed by atoms with Gasteiger partial charge < -0.3 is 4.90 Å². The Balaban J connectivity index is 1.46. The highest BCUT2D eigenvalue weighted by atomic mass is 32.2. The van der Waals surface area contributed by atoms with Gasteiger partial charge in [0.25, 0.3) is 0 Å². The molecule has 0 amide bonds. The number of piperazine rings is 1. The van der Waals surface area contributed by atoms with E-state index in [1.54, 1.807) is 0 Å². The zero-order chi connectivity index (χ0) is 22.1. The van der Waals surface area contributed by atoms with Crippen LogP contribution in [-0.2, 0) is 10.0 Å². The Kier molecular flexibility index (Phi) is 5.32. The molecule has 6 nitrogen and oxygen atoms in total. The summed E-state index contributed by atoms with van der Waals surface area (Å²) >= 11 is 0. The van der Waals surface area contributed by atoms with Crippen molar-refractivity contribution in [3.63, 3.8) is 0 Å². The Bertz CT molecular complexity index is 1370. The van der Waals surface area contributed by atoms with Gasteiger partial charge in [0.1, 0.15) is 11.5 Å². The minimum atomic E-state index is -3.76. The fourth-order valence-corrected chi connectivity index (χ4v) is 5.37. The molecule has 0 unspecified atom stereocenters. The standard InChI is InChI=1S/C24H21FN4O2S/c25-19-9-6-10-20(17-19)32(30,31)29-15-13-28(14-16-29)24-23(18-7-2-1-3-8-18)26-21-11-4-5-12-22(21)27-24/h1-12,17H,13-16H2. The molecular formula is C24H21FN4O2S. The van der Waals surface area contributed by atoms with E-state index in [0.717, 1.165) is 34.2 Å². The third-order valence-corrected chi connectivity index (χ3v) is 7.47. The van der Waals surface area contributed by atoms with E-state index in [4.69, 9.17) is 9.97 Å². The van der Waals surface area contributed by atoms with Crippen LogP contribution in [0.2, 0.25) is 0 Å². The molecule has 0 spiro atoms. The van der Waals surface area contributed by atoms with Crippen LogP contribution < -0.4 is 4.90 Å². The number of para-hydroxylation sites is 2. The average molecular weight is 449 g/mol. The third kappa shape index (κ3) is 3.83. The molecule has 0 N–H and O–H groups in total. The minimum absolute atomic E-state index is 0.0265. The van der Waals surface area contributed by atoms with E-state index in [2.05, 4.69) is 4.90 Å². The summed E-state index contributed by atoms with van der Waals surface area (Å²) in [6, 6.07) is 22.7. The second kappa shape index (κ2) is 8.29. The highest BCUT2D eigenvalue weighted by Gasteiger charge is 2.30. The van der Waals surface area contributed by atoms with Gasteiger partial charge in [-0.3, -0.25) is 0 Å². The van der Waals surface area contributed by atoms with Crippen molar-refractivity contribution >= 4 is 26.9 Å². The predicted octanol–water partition coefficient (Wildman–Crippen LogP) is 3.95. The molecule has 5 rings (SSSR count). The van der Waals surface area contributed by atoms with Gasteiger partial charge in [-0.2, -0.15) is 4.31 Å². The van der Waals surface area contributed by atoms with Gasteiger partial charge in [-0.25, -0.2) is 22.8 Å². The highest BCUT2D eigenvalue weighted by Crippen LogP contribution is 2.31. The van der Waals surface area contributed by atoms with Gasteiger partial charge in [0, 0.05) is 31.7 Å². The summed E-state index contributed by atoms with van der Waals surface area (Å²) in [5, 5.41) is 0. The van der Waals surface area contributed by atoms with Crippen molar-refractivity contribution in [2.75, 3.05) is 31.1 Å². The molecule has 0 atom stereocenters. The first-order valence-electron chi connectivity index (χ1n) is 10.4. The second-order valence-corrected chi connectivity index (χ2v) is 9.54. The van der Waals surface area contributed by atoms with E-state index < -0.39 is 15.8 Å². The van der Waals surface area contributed by atoms with Crippen molar-refractivity contribution < 1.29 is 12.8 Å². The number of aromatic nitrogens is 2. The maximum absolute atomic E-state index is 13.6. The van der Waals surface area contributed by atoms with Crippen LogP contribution in [0.4, 0.5) is 10.2 Å². The fourth-order valence-electron chi connectivity index (χ4n) is 3.92. The summed E-state index contributed by atoms with van der Waals surface area (Å²) in [4.78, 5) is 11.8. The molecule has 1 saturated heterocycles. The van der Waals surface area contributed by atoms with Crippen LogP contribution in [0.5, 0.6) is 0 Å². The highest BCUT2D eigenvalue weighted by molar-refractivity contribution is 7.89. The maximum atomic E-state index is 13.6. The molecule has 0 bridgehead atoms. The lowest BCUT2D eigenvalue weighted by Crippen LogP contribution is -2.49. The minimum Gasteiger partial charge on any atom is -0.352 e. The van der Waals surface area contributed by atoms with E-state index in [0.29, 0.717) is 13.1 Å². The molecule has 0 saturated carbocycles. The van der Waals surface area contributed by atoms with Crippen LogP contribution in [0.3, 0.4) is 0 Å². The summed E-state index contributed by atoms with van der Waals surface area (Å²) in [6.45, 7) is 1.48. The number of fused-ring (bicyclic) bond motifs is 1. The first-order chi connectivity index (χ1) is 15.5. The van der Waals surface area contributed by atoms with Crippen molar-refractivity contribution in [3.8, 4) is 11.3 Å². The van der Waals surface area contributed by atoms with Gasteiger partial charge >= 0.3 is 0 Å². The molecule has 2 heterocycles. The molecule has 32 heavy (non-hydrogen) atoms. The Morgan fingerprint density at radius 2 is 1.41 bits per heavy atom. The van der Waals surface area contributed by atoms with Crippen LogP contribution in [0, 0.1) is 5.82 Å². The SMILES string of the molecule is O=S(=O)(c1cccc(F)c1)N1CCN(c2nc3ccccc3nc2-c2ccccc2)CC1. The summed E-state index contributed by atoms with van der Waals surface area (Å²) in [5.74, 6) is 0.168. The van der Waals surface area contributed by atoms with Crippen LogP contribution in [0.15, 0.2) is 83.8 Å². The monoisotopic (exact) mass is 448 g/mol. The predicted molar refractivity (Wildman–Crippen MR) is 122 cm³/mol. The molecule has 1 aliphatic heterocycles. The van der Waals surface area contributed by atoms with Crippen molar-refractivity contribution in [2.24, 2.45) is 0 Å². The smallest absolute Gasteiger partial charge is 0.243 e. The molecular weight excluding hydrogens is 427 g/mol. The van der Waals surface area contributed by atoms with Crippen molar-refractivity contribution in [1.29, 1.82) is 0 Å². The Morgan fingerprint density at radius 1 is 0.750 bits per heavy atom.